The number of methoxy groups -OCH3 is 1. The Kier molecular flexibility index (Phi) is 2.81. The molecule has 1 aromatic rings. The molecule has 15 heavy (non-hydrogen) atoms. The minimum atomic E-state index is 0.163. The van der Waals surface area contributed by atoms with Crippen molar-refractivity contribution >= 4 is 0 Å². The minimum Gasteiger partial charge on any atom is -0.496 e. The molecule has 0 spiro atoms. The van der Waals surface area contributed by atoms with Gasteiger partial charge in [-0.3, -0.25) is 0 Å². The predicted molar refractivity (Wildman–Crippen MR) is 63.3 cm³/mol. The lowest BCUT2D eigenvalue weighted by molar-refractivity contribution is 0.409. The van der Waals surface area contributed by atoms with Gasteiger partial charge in [0, 0.05) is 11.5 Å². The van der Waals surface area contributed by atoms with E-state index in [4.69, 9.17) is 4.74 Å². The summed E-state index contributed by atoms with van der Waals surface area (Å²) in [5.41, 5.74) is 2.62. The third kappa shape index (κ3) is 1.92. The topological polar surface area (TPSA) is 9.23 Å². The molecule has 1 saturated carbocycles. The lowest BCUT2D eigenvalue weighted by atomic mass is 9.92. The van der Waals surface area contributed by atoms with Crippen LogP contribution in [0.1, 0.15) is 35.8 Å². The van der Waals surface area contributed by atoms with Gasteiger partial charge in [0.05, 0.1) is 7.11 Å². The van der Waals surface area contributed by atoms with Crippen LogP contribution in [0.5, 0.6) is 5.75 Å². The van der Waals surface area contributed by atoms with E-state index in [9.17, 15) is 0 Å². The van der Waals surface area contributed by atoms with Crippen LogP contribution in [-0.4, -0.2) is 7.11 Å². The molecule has 0 N–H and O–H groups in total. The SMILES string of the molecule is [CH2]C(C=C)c1cccc(OC)c1C1CC1. The summed E-state index contributed by atoms with van der Waals surface area (Å²) in [6.07, 6.45) is 4.44. The van der Waals surface area contributed by atoms with Crippen molar-refractivity contribution < 1.29 is 4.74 Å². The summed E-state index contributed by atoms with van der Waals surface area (Å²) in [6.45, 7) is 7.91. The van der Waals surface area contributed by atoms with Crippen molar-refractivity contribution in [1.29, 1.82) is 0 Å². The van der Waals surface area contributed by atoms with Crippen LogP contribution in [0.25, 0.3) is 0 Å². The van der Waals surface area contributed by atoms with Gasteiger partial charge in [0.1, 0.15) is 5.75 Å². The van der Waals surface area contributed by atoms with Crippen LogP contribution >= 0.6 is 0 Å². The van der Waals surface area contributed by atoms with Crippen molar-refractivity contribution in [3.8, 4) is 5.75 Å². The first kappa shape index (κ1) is 10.3. The highest BCUT2D eigenvalue weighted by molar-refractivity contribution is 5.47. The van der Waals surface area contributed by atoms with Gasteiger partial charge in [-0.25, -0.2) is 0 Å². The van der Waals surface area contributed by atoms with E-state index in [1.807, 2.05) is 18.2 Å². The van der Waals surface area contributed by atoms with E-state index in [1.165, 1.54) is 24.0 Å². The summed E-state index contributed by atoms with van der Waals surface area (Å²) >= 11 is 0. The average Bonchev–Trinajstić information content (AvgIpc) is 3.10. The van der Waals surface area contributed by atoms with E-state index >= 15 is 0 Å². The Balaban J connectivity index is 2.47. The van der Waals surface area contributed by atoms with E-state index in [2.05, 4.69) is 19.6 Å². The zero-order chi connectivity index (χ0) is 10.8. The molecular weight excluding hydrogens is 184 g/mol. The number of rotatable bonds is 4. The second-order valence-corrected chi connectivity index (χ2v) is 4.08. The third-order valence-electron chi connectivity index (χ3n) is 2.99. The second-order valence-electron chi connectivity index (χ2n) is 4.08. The van der Waals surface area contributed by atoms with Crippen LogP contribution in [0.4, 0.5) is 0 Å². The third-order valence-corrected chi connectivity index (χ3v) is 2.99. The van der Waals surface area contributed by atoms with Crippen LogP contribution in [0.2, 0.25) is 0 Å². The van der Waals surface area contributed by atoms with Gasteiger partial charge >= 0.3 is 0 Å². The van der Waals surface area contributed by atoms with Crippen molar-refractivity contribution in [2.24, 2.45) is 0 Å². The molecular formula is C14H17O. The molecule has 1 heteroatoms. The first-order valence-corrected chi connectivity index (χ1v) is 5.40. The van der Waals surface area contributed by atoms with Crippen molar-refractivity contribution in [3.63, 3.8) is 0 Å². The molecule has 2 rings (SSSR count). The highest BCUT2D eigenvalue weighted by atomic mass is 16.5. The Bertz CT molecular complexity index is 364. The maximum absolute atomic E-state index is 5.42. The Labute approximate surface area is 91.8 Å². The molecule has 1 atom stereocenters. The fourth-order valence-electron chi connectivity index (χ4n) is 2.00. The molecule has 79 valence electrons. The zero-order valence-electron chi connectivity index (χ0n) is 9.20. The number of benzene rings is 1. The van der Waals surface area contributed by atoms with E-state index in [1.54, 1.807) is 7.11 Å². The van der Waals surface area contributed by atoms with E-state index in [-0.39, 0.29) is 5.92 Å². The minimum absolute atomic E-state index is 0.163. The molecule has 1 aliphatic carbocycles. The monoisotopic (exact) mass is 201 g/mol. The van der Waals surface area contributed by atoms with Gasteiger partial charge in [0.15, 0.2) is 0 Å². The maximum Gasteiger partial charge on any atom is 0.122 e. The van der Waals surface area contributed by atoms with E-state index in [0.29, 0.717) is 5.92 Å². The molecule has 1 nitrogen and oxygen atoms in total. The Hall–Kier alpha value is -1.24. The summed E-state index contributed by atoms with van der Waals surface area (Å²) in [4.78, 5) is 0. The highest BCUT2D eigenvalue weighted by Crippen LogP contribution is 2.47. The van der Waals surface area contributed by atoms with Crippen molar-refractivity contribution in [2.45, 2.75) is 24.7 Å². The largest absolute Gasteiger partial charge is 0.496 e. The average molecular weight is 201 g/mol. The lowest BCUT2D eigenvalue weighted by Gasteiger charge is -2.16. The molecule has 1 aromatic carbocycles. The van der Waals surface area contributed by atoms with Gasteiger partial charge in [-0.2, -0.15) is 0 Å². The molecule has 0 amide bonds. The number of ether oxygens (including phenoxy) is 1. The van der Waals surface area contributed by atoms with E-state index < -0.39 is 0 Å². The summed E-state index contributed by atoms with van der Waals surface area (Å²) in [7, 11) is 1.73. The lowest BCUT2D eigenvalue weighted by Crippen LogP contribution is -1.99. The first-order valence-electron chi connectivity index (χ1n) is 5.40. The van der Waals surface area contributed by atoms with Crippen LogP contribution in [0, 0.1) is 6.92 Å². The van der Waals surface area contributed by atoms with Crippen molar-refractivity contribution in [3.05, 3.63) is 48.9 Å². The predicted octanol–water partition coefficient (Wildman–Crippen LogP) is 3.68. The summed E-state index contributed by atoms with van der Waals surface area (Å²) in [5.74, 6) is 1.85. The zero-order valence-corrected chi connectivity index (χ0v) is 9.20. The normalized spacial score (nSPS) is 17.2. The Morgan fingerprint density at radius 3 is 2.73 bits per heavy atom. The number of hydrogen-bond acceptors (Lipinski definition) is 1. The molecule has 1 aliphatic rings. The Morgan fingerprint density at radius 1 is 1.47 bits per heavy atom. The molecule has 1 unspecified atom stereocenters. The van der Waals surface area contributed by atoms with E-state index in [0.717, 1.165) is 5.75 Å². The molecule has 1 radical (unpaired) electrons. The molecule has 0 bridgehead atoms. The van der Waals surface area contributed by atoms with Crippen LogP contribution in [0.3, 0.4) is 0 Å². The quantitative estimate of drug-likeness (QED) is 0.675. The van der Waals surface area contributed by atoms with Gasteiger partial charge in [0.2, 0.25) is 0 Å². The fourth-order valence-corrected chi connectivity index (χ4v) is 2.00. The van der Waals surface area contributed by atoms with Crippen molar-refractivity contribution in [2.75, 3.05) is 7.11 Å². The fraction of sp³-hybridized carbons (Fsp3) is 0.357. The Morgan fingerprint density at radius 2 is 2.20 bits per heavy atom. The highest BCUT2D eigenvalue weighted by Gasteiger charge is 2.29. The molecule has 0 heterocycles. The standard InChI is InChI=1S/C14H17O/c1-4-10(2)12-6-5-7-13(15-3)14(12)11-8-9-11/h4-7,10-11H,1-2,8-9H2,3H3. The molecule has 0 aliphatic heterocycles. The van der Waals surface area contributed by atoms with Crippen LogP contribution in [-0.2, 0) is 0 Å². The smallest absolute Gasteiger partial charge is 0.122 e. The second kappa shape index (κ2) is 4.09. The van der Waals surface area contributed by atoms with Gasteiger partial charge in [-0.15, -0.1) is 6.58 Å². The van der Waals surface area contributed by atoms with Gasteiger partial charge in [-0.1, -0.05) is 18.2 Å². The van der Waals surface area contributed by atoms with Gasteiger partial charge in [0.25, 0.3) is 0 Å². The van der Waals surface area contributed by atoms with Crippen LogP contribution < -0.4 is 4.74 Å². The number of hydrogen-bond donors (Lipinski definition) is 0. The summed E-state index contributed by atoms with van der Waals surface area (Å²) < 4.78 is 5.42. The van der Waals surface area contributed by atoms with Gasteiger partial charge in [-0.05, 0) is 37.3 Å². The molecule has 0 aromatic heterocycles. The summed E-state index contributed by atoms with van der Waals surface area (Å²) in [6, 6.07) is 6.20. The summed E-state index contributed by atoms with van der Waals surface area (Å²) in [5, 5.41) is 0. The van der Waals surface area contributed by atoms with Gasteiger partial charge < -0.3 is 4.74 Å². The maximum atomic E-state index is 5.42. The van der Waals surface area contributed by atoms with Crippen LogP contribution in [0.15, 0.2) is 30.9 Å². The molecule has 1 fully saturated rings. The molecule has 0 saturated heterocycles. The number of allylic oxidation sites excluding steroid dienone is 1. The van der Waals surface area contributed by atoms with Crippen molar-refractivity contribution in [1.82, 2.24) is 0 Å². The first-order chi connectivity index (χ1) is 7.27.